The minimum Gasteiger partial charge on any atom is -0.381 e. The lowest BCUT2D eigenvalue weighted by Crippen LogP contribution is -2.24. The third-order valence-electron chi connectivity index (χ3n) is 3.90. The normalized spacial score (nSPS) is 20.2. The van der Waals surface area contributed by atoms with Gasteiger partial charge in [0.2, 0.25) is 0 Å². The number of aromatic nitrogens is 2. The van der Waals surface area contributed by atoms with Crippen molar-refractivity contribution in [2.24, 2.45) is 11.7 Å². The molecule has 1 fully saturated rings. The fraction of sp³-hybridized carbons (Fsp3) is 0.400. The molecule has 1 saturated heterocycles. The maximum atomic E-state index is 6.40. The average molecular weight is 292 g/mol. The van der Waals surface area contributed by atoms with Crippen molar-refractivity contribution in [2.75, 3.05) is 13.2 Å². The van der Waals surface area contributed by atoms with E-state index in [0.29, 0.717) is 5.92 Å². The SMILES string of the molecule is Cc1cc(Cl)ccc1-n1cncc1C(N)C1CCOC1. The van der Waals surface area contributed by atoms with E-state index in [1.54, 1.807) is 6.33 Å². The molecule has 1 aromatic carbocycles. The molecule has 3 rings (SSSR count). The predicted molar refractivity (Wildman–Crippen MR) is 79.2 cm³/mol. The molecule has 2 N–H and O–H groups in total. The van der Waals surface area contributed by atoms with E-state index in [1.165, 1.54) is 0 Å². The predicted octanol–water partition coefficient (Wildman–Crippen LogP) is 2.87. The molecule has 2 unspecified atom stereocenters. The van der Waals surface area contributed by atoms with Crippen LogP contribution < -0.4 is 5.73 Å². The maximum absolute atomic E-state index is 6.40. The Bertz CT molecular complexity index is 605. The van der Waals surface area contributed by atoms with Crippen molar-refractivity contribution in [2.45, 2.75) is 19.4 Å². The minimum atomic E-state index is -0.0601. The second-order valence-electron chi connectivity index (χ2n) is 5.27. The molecule has 5 heteroatoms. The first-order chi connectivity index (χ1) is 9.66. The Kier molecular flexibility index (Phi) is 3.78. The van der Waals surface area contributed by atoms with E-state index in [2.05, 4.69) is 9.55 Å². The number of hydrogen-bond donors (Lipinski definition) is 1. The lowest BCUT2D eigenvalue weighted by Gasteiger charge is -2.20. The van der Waals surface area contributed by atoms with Crippen LogP contribution in [-0.4, -0.2) is 22.8 Å². The summed E-state index contributed by atoms with van der Waals surface area (Å²) in [7, 11) is 0. The van der Waals surface area contributed by atoms with Crippen LogP contribution >= 0.6 is 11.6 Å². The largest absolute Gasteiger partial charge is 0.381 e. The fourth-order valence-corrected chi connectivity index (χ4v) is 2.95. The van der Waals surface area contributed by atoms with Crippen molar-refractivity contribution in [1.29, 1.82) is 0 Å². The number of aryl methyl sites for hydroxylation is 1. The van der Waals surface area contributed by atoms with Crippen LogP contribution in [0.25, 0.3) is 5.69 Å². The highest BCUT2D eigenvalue weighted by molar-refractivity contribution is 6.30. The second-order valence-corrected chi connectivity index (χ2v) is 5.71. The lowest BCUT2D eigenvalue weighted by molar-refractivity contribution is 0.180. The van der Waals surface area contributed by atoms with Gasteiger partial charge < -0.3 is 15.0 Å². The number of nitrogens with two attached hydrogens (primary N) is 1. The van der Waals surface area contributed by atoms with Gasteiger partial charge in [0.15, 0.2) is 0 Å². The molecule has 2 heterocycles. The van der Waals surface area contributed by atoms with E-state index in [0.717, 1.165) is 41.6 Å². The summed E-state index contributed by atoms with van der Waals surface area (Å²) in [6.45, 7) is 3.56. The Morgan fingerprint density at radius 3 is 3.05 bits per heavy atom. The van der Waals surface area contributed by atoms with Crippen molar-refractivity contribution in [3.05, 3.63) is 47.0 Å². The number of ether oxygens (including phenoxy) is 1. The molecule has 106 valence electrons. The van der Waals surface area contributed by atoms with Crippen LogP contribution in [0.15, 0.2) is 30.7 Å². The monoisotopic (exact) mass is 291 g/mol. The van der Waals surface area contributed by atoms with Gasteiger partial charge in [0.05, 0.1) is 30.9 Å². The van der Waals surface area contributed by atoms with Gasteiger partial charge in [-0.05, 0) is 37.1 Å². The molecule has 2 aromatic rings. The molecule has 1 aliphatic heterocycles. The zero-order valence-electron chi connectivity index (χ0n) is 11.4. The molecule has 0 amide bonds. The standard InChI is InChI=1S/C15H18ClN3O/c1-10-6-12(16)2-3-13(10)19-9-18-7-14(19)15(17)11-4-5-20-8-11/h2-3,6-7,9,11,15H,4-5,8,17H2,1H3. The van der Waals surface area contributed by atoms with Gasteiger partial charge in [-0.15, -0.1) is 0 Å². The van der Waals surface area contributed by atoms with Gasteiger partial charge in [-0.1, -0.05) is 11.6 Å². The van der Waals surface area contributed by atoms with Crippen molar-refractivity contribution in [3.8, 4) is 5.69 Å². The maximum Gasteiger partial charge on any atom is 0.0994 e. The van der Waals surface area contributed by atoms with Crippen LogP contribution in [0.1, 0.15) is 23.7 Å². The van der Waals surface area contributed by atoms with E-state index in [4.69, 9.17) is 22.1 Å². The minimum absolute atomic E-state index is 0.0601. The molecular weight excluding hydrogens is 274 g/mol. The number of rotatable bonds is 3. The smallest absolute Gasteiger partial charge is 0.0994 e. The summed E-state index contributed by atoms with van der Waals surface area (Å²) in [5.41, 5.74) is 9.58. The molecular formula is C15H18ClN3O. The van der Waals surface area contributed by atoms with Crippen molar-refractivity contribution >= 4 is 11.6 Å². The molecule has 1 aromatic heterocycles. The van der Waals surface area contributed by atoms with E-state index in [9.17, 15) is 0 Å². The van der Waals surface area contributed by atoms with Crippen LogP contribution in [0, 0.1) is 12.8 Å². The van der Waals surface area contributed by atoms with Gasteiger partial charge in [0.25, 0.3) is 0 Å². The van der Waals surface area contributed by atoms with E-state index < -0.39 is 0 Å². The van der Waals surface area contributed by atoms with Crippen molar-refractivity contribution < 1.29 is 4.74 Å². The lowest BCUT2D eigenvalue weighted by atomic mass is 9.97. The number of imidazole rings is 1. The highest BCUT2D eigenvalue weighted by Crippen LogP contribution is 2.29. The number of hydrogen-bond acceptors (Lipinski definition) is 3. The topological polar surface area (TPSA) is 53.1 Å². The highest BCUT2D eigenvalue weighted by atomic mass is 35.5. The Hall–Kier alpha value is -1.36. The number of benzene rings is 1. The zero-order chi connectivity index (χ0) is 14.1. The van der Waals surface area contributed by atoms with Crippen LogP contribution in [0.5, 0.6) is 0 Å². The third kappa shape index (κ3) is 2.46. The van der Waals surface area contributed by atoms with Crippen molar-refractivity contribution in [1.82, 2.24) is 9.55 Å². The first-order valence-electron chi connectivity index (χ1n) is 6.79. The average Bonchev–Trinajstić information content (AvgIpc) is 3.09. The molecule has 0 bridgehead atoms. The van der Waals surface area contributed by atoms with E-state index in [-0.39, 0.29) is 6.04 Å². The summed E-state index contributed by atoms with van der Waals surface area (Å²) in [5.74, 6) is 0.359. The Morgan fingerprint density at radius 2 is 2.35 bits per heavy atom. The molecule has 0 radical (unpaired) electrons. The summed E-state index contributed by atoms with van der Waals surface area (Å²) >= 11 is 6.02. The summed E-state index contributed by atoms with van der Waals surface area (Å²) in [6, 6.07) is 5.78. The van der Waals surface area contributed by atoms with Gasteiger partial charge >= 0.3 is 0 Å². The Balaban J connectivity index is 1.97. The first-order valence-corrected chi connectivity index (χ1v) is 7.16. The van der Waals surface area contributed by atoms with Crippen LogP contribution in [0.2, 0.25) is 5.02 Å². The van der Waals surface area contributed by atoms with Crippen LogP contribution in [-0.2, 0) is 4.74 Å². The van der Waals surface area contributed by atoms with Gasteiger partial charge in [-0.3, -0.25) is 0 Å². The summed E-state index contributed by atoms with van der Waals surface area (Å²) < 4.78 is 7.48. The van der Waals surface area contributed by atoms with E-state index >= 15 is 0 Å². The van der Waals surface area contributed by atoms with Gasteiger partial charge in [-0.2, -0.15) is 0 Å². The van der Waals surface area contributed by atoms with Gasteiger partial charge in [0.1, 0.15) is 0 Å². The molecule has 0 saturated carbocycles. The number of halogens is 1. The molecule has 4 nitrogen and oxygen atoms in total. The first kappa shape index (κ1) is 13.6. The quantitative estimate of drug-likeness (QED) is 0.946. The number of nitrogens with zero attached hydrogens (tertiary/aromatic N) is 2. The Labute approximate surface area is 123 Å². The van der Waals surface area contributed by atoms with Crippen LogP contribution in [0.4, 0.5) is 0 Å². The zero-order valence-corrected chi connectivity index (χ0v) is 12.2. The van der Waals surface area contributed by atoms with Gasteiger partial charge in [-0.25, -0.2) is 4.98 Å². The summed E-state index contributed by atoms with van der Waals surface area (Å²) in [4.78, 5) is 4.26. The molecule has 20 heavy (non-hydrogen) atoms. The summed E-state index contributed by atoms with van der Waals surface area (Å²) in [6.07, 6.45) is 4.66. The highest BCUT2D eigenvalue weighted by Gasteiger charge is 2.26. The molecule has 0 spiro atoms. The molecule has 2 atom stereocenters. The molecule has 0 aliphatic carbocycles. The molecule has 1 aliphatic rings. The van der Waals surface area contributed by atoms with E-state index in [1.807, 2.05) is 31.3 Å². The fourth-order valence-electron chi connectivity index (χ4n) is 2.72. The third-order valence-corrected chi connectivity index (χ3v) is 4.13. The summed E-state index contributed by atoms with van der Waals surface area (Å²) in [5, 5.41) is 0.737. The van der Waals surface area contributed by atoms with Crippen LogP contribution in [0.3, 0.4) is 0 Å². The Morgan fingerprint density at radius 1 is 1.50 bits per heavy atom. The van der Waals surface area contributed by atoms with Gasteiger partial charge in [0, 0.05) is 23.2 Å². The second kappa shape index (κ2) is 5.56. The van der Waals surface area contributed by atoms with Crippen molar-refractivity contribution in [3.63, 3.8) is 0 Å².